The van der Waals surface area contributed by atoms with Crippen LogP contribution in [0, 0.1) is 5.92 Å². The molecule has 15 heavy (non-hydrogen) atoms. The van der Waals surface area contributed by atoms with Gasteiger partial charge in [-0.1, -0.05) is 26.3 Å². The smallest absolute Gasteiger partial charge is 0.231 e. The zero-order valence-electron chi connectivity index (χ0n) is 9.45. The first-order valence-electron chi connectivity index (χ1n) is 5.68. The summed E-state index contributed by atoms with van der Waals surface area (Å²) in [5.41, 5.74) is 1.35. The Hall–Kier alpha value is -1.18. The Morgan fingerprint density at radius 1 is 1.27 bits per heavy atom. The lowest BCUT2D eigenvalue weighted by molar-refractivity contribution is 0.174. The van der Waals surface area contributed by atoms with Crippen molar-refractivity contribution in [2.45, 2.75) is 33.1 Å². The Balaban J connectivity index is 1.98. The Kier molecular flexibility index (Phi) is 3.14. The van der Waals surface area contributed by atoms with Gasteiger partial charge in [0.05, 0.1) is 0 Å². The third-order valence-electron chi connectivity index (χ3n) is 3.06. The second-order valence-electron chi connectivity index (χ2n) is 4.24. The summed E-state index contributed by atoms with van der Waals surface area (Å²) >= 11 is 0. The minimum absolute atomic E-state index is 0.365. The number of benzene rings is 1. The third-order valence-corrected chi connectivity index (χ3v) is 3.06. The van der Waals surface area contributed by atoms with Crippen molar-refractivity contribution in [3.8, 4) is 11.5 Å². The van der Waals surface area contributed by atoms with Gasteiger partial charge in [-0.05, 0) is 36.5 Å². The van der Waals surface area contributed by atoms with Gasteiger partial charge < -0.3 is 9.47 Å². The molecule has 2 nitrogen and oxygen atoms in total. The third kappa shape index (κ3) is 2.44. The lowest BCUT2D eigenvalue weighted by Gasteiger charge is -2.08. The van der Waals surface area contributed by atoms with Crippen molar-refractivity contribution in [2.24, 2.45) is 5.92 Å². The minimum Gasteiger partial charge on any atom is -0.454 e. The number of rotatable bonds is 4. The summed E-state index contributed by atoms with van der Waals surface area (Å²) in [5, 5.41) is 0. The highest BCUT2D eigenvalue weighted by Gasteiger charge is 2.13. The van der Waals surface area contributed by atoms with E-state index in [9.17, 15) is 0 Å². The minimum atomic E-state index is 0.365. The van der Waals surface area contributed by atoms with Crippen LogP contribution in [0.5, 0.6) is 11.5 Å². The van der Waals surface area contributed by atoms with Crippen LogP contribution < -0.4 is 9.47 Å². The molecule has 0 spiro atoms. The summed E-state index contributed by atoms with van der Waals surface area (Å²) in [7, 11) is 0. The van der Waals surface area contributed by atoms with Crippen LogP contribution in [0.15, 0.2) is 18.2 Å². The van der Waals surface area contributed by atoms with Crippen LogP contribution >= 0.6 is 0 Å². The van der Waals surface area contributed by atoms with Crippen molar-refractivity contribution in [2.75, 3.05) is 6.79 Å². The van der Waals surface area contributed by atoms with Gasteiger partial charge in [0, 0.05) is 0 Å². The predicted molar refractivity (Wildman–Crippen MR) is 60.3 cm³/mol. The molecule has 1 aromatic carbocycles. The topological polar surface area (TPSA) is 18.5 Å². The van der Waals surface area contributed by atoms with E-state index in [1.807, 2.05) is 6.07 Å². The average Bonchev–Trinajstić information content (AvgIpc) is 2.72. The Labute approximate surface area is 91.2 Å². The van der Waals surface area contributed by atoms with Crippen molar-refractivity contribution >= 4 is 0 Å². The summed E-state index contributed by atoms with van der Waals surface area (Å²) in [6.07, 6.45) is 3.63. The van der Waals surface area contributed by atoms with Gasteiger partial charge in [0.1, 0.15) is 0 Å². The van der Waals surface area contributed by atoms with E-state index in [4.69, 9.17) is 9.47 Å². The molecule has 0 radical (unpaired) electrons. The van der Waals surface area contributed by atoms with Crippen LogP contribution in [0.2, 0.25) is 0 Å². The van der Waals surface area contributed by atoms with Gasteiger partial charge in [0.15, 0.2) is 11.5 Å². The molecule has 2 rings (SSSR count). The van der Waals surface area contributed by atoms with Crippen LogP contribution in [0.25, 0.3) is 0 Å². The van der Waals surface area contributed by atoms with Crippen LogP contribution in [-0.4, -0.2) is 6.79 Å². The normalized spacial score (nSPS) is 15.3. The number of hydrogen-bond donors (Lipinski definition) is 0. The monoisotopic (exact) mass is 206 g/mol. The van der Waals surface area contributed by atoms with Crippen LogP contribution in [0.3, 0.4) is 0 Å². The number of ether oxygens (including phenoxy) is 2. The van der Waals surface area contributed by atoms with E-state index in [1.54, 1.807) is 0 Å². The first-order chi connectivity index (χ1) is 7.29. The predicted octanol–water partition coefficient (Wildman–Crippen LogP) is 3.39. The highest BCUT2D eigenvalue weighted by atomic mass is 16.7. The average molecular weight is 206 g/mol. The maximum atomic E-state index is 5.35. The fourth-order valence-corrected chi connectivity index (χ4v) is 1.71. The fraction of sp³-hybridized carbons (Fsp3) is 0.538. The van der Waals surface area contributed by atoms with E-state index in [1.165, 1.54) is 18.4 Å². The van der Waals surface area contributed by atoms with E-state index < -0.39 is 0 Å². The molecular formula is C13H18O2. The van der Waals surface area contributed by atoms with Gasteiger partial charge in [0.2, 0.25) is 6.79 Å². The van der Waals surface area contributed by atoms with Gasteiger partial charge >= 0.3 is 0 Å². The van der Waals surface area contributed by atoms with Crippen LogP contribution in [-0.2, 0) is 6.42 Å². The lowest BCUT2D eigenvalue weighted by Crippen LogP contribution is -1.95. The molecule has 0 fully saturated rings. The maximum absolute atomic E-state index is 5.35. The zero-order chi connectivity index (χ0) is 10.7. The zero-order valence-corrected chi connectivity index (χ0v) is 9.45. The molecule has 82 valence electrons. The number of aryl methyl sites for hydroxylation is 1. The quantitative estimate of drug-likeness (QED) is 0.751. The highest BCUT2D eigenvalue weighted by molar-refractivity contribution is 5.44. The standard InChI is InChI=1S/C13H18O2/c1-3-10(2)4-5-11-6-7-12-13(8-11)15-9-14-12/h6-8,10H,3-5,9H2,1-2H3. The molecule has 0 aliphatic carbocycles. The fourth-order valence-electron chi connectivity index (χ4n) is 1.71. The molecule has 0 N–H and O–H groups in total. The van der Waals surface area contributed by atoms with E-state index in [-0.39, 0.29) is 0 Å². The molecule has 0 amide bonds. The van der Waals surface area contributed by atoms with Crippen LogP contribution in [0.4, 0.5) is 0 Å². The first kappa shape index (κ1) is 10.3. The maximum Gasteiger partial charge on any atom is 0.231 e. The summed E-state index contributed by atoms with van der Waals surface area (Å²) in [6.45, 7) is 4.90. The van der Waals surface area contributed by atoms with Crippen molar-refractivity contribution < 1.29 is 9.47 Å². The SMILES string of the molecule is CCC(C)CCc1ccc2c(c1)OCO2. The summed E-state index contributed by atoms with van der Waals surface area (Å²) in [6, 6.07) is 6.24. The largest absolute Gasteiger partial charge is 0.454 e. The Morgan fingerprint density at radius 3 is 2.87 bits per heavy atom. The number of hydrogen-bond acceptors (Lipinski definition) is 2. The molecule has 1 unspecified atom stereocenters. The van der Waals surface area contributed by atoms with Gasteiger partial charge in [-0.15, -0.1) is 0 Å². The molecule has 1 aliphatic heterocycles. The summed E-state index contributed by atoms with van der Waals surface area (Å²) in [5.74, 6) is 2.58. The first-order valence-corrected chi connectivity index (χ1v) is 5.68. The Morgan fingerprint density at radius 2 is 2.07 bits per heavy atom. The lowest BCUT2D eigenvalue weighted by atomic mass is 9.99. The Bertz CT molecular complexity index is 333. The van der Waals surface area contributed by atoms with E-state index >= 15 is 0 Å². The summed E-state index contributed by atoms with van der Waals surface area (Å²) in [4.78, 5) is 0. The molecule has 0 aromatic heterocycles. The summed E-state index contributed by atoms with van der Waals surface area (Å²) < 4.78 is 10.6. The molecule has 1 atom stereocenters. The highest BCUT2D eigenvalue weighted by Crippen LogP contribution is 2.33. The van der Waals surface area contributed by atoms with E-state index in [2.05, 4.69) is 26.0 Å². The molecule has 1 aliphatic rings. The molecule has 0 saturated carbocycles. The second-order valence-corrected chi connectivity index (χ2v) is 4.24. The van der Waals surface area contributed by atoms with Crippen molar-refractivity contribution in [3.05, 3.63) is 23.8 Å². The van der Waals surface area contributed by atoms with Gasteiger partial charge in [-0.3, -0.25) is 0 Å². The number of fused-ring (bicyclic) bond motifs is 1. The molecular weight excluding hydrogens is 188 g/mol. The van der Waals surface area contributed by atoms with Crippen molar-refractivity contribution in [1.29, 1.82) is 0 Å². The van der Waals surface area contributed by atoms with E-state index in [0.717, 1.165) is 23.8 Å². The molecule has 0 saturated heterocycles. The van der Waals surface area contributed by atoms with E-state index in [0.29, 0.717) is 6.79 Å². The van der Waals surface area contributed by atoms with Crippen molar-refractivity contribution in [1.82, 2.24) is 0 Å². The van der Waals surface area contributed by atoms with Crippen molar-refractivity contribution in [3.63, 3.8) is 0 Å². The molecule has 1 aromatic rings. The molecule has 2 heteroatoms. The molecule has 1 heterocycles. The van der Waals surface area contributed by atoms with Gasteiger partial charge in [-0.2, -0.15) is 0 Å². The van der Waals surface area contributed by atoms with Gasteiger partial charge in [-0.25, -0.2) is 0 Å². The van der Waals surface area contributed by atoms with Crippen LogP contribution in [0.1, 0.15) is 32.3 Å². The molecule has 0 bridgehead atoms. The van der Waals surface area contributed by atoms with Gasteiger partial charge in [0.25, 0.3) is 0 Å². The second kappa shape index (κ2) is 4.56.